The van der Waals surface area contributed by atoms with Crippen LogP contribution >= 0.6 is 0 Å². The van der Waals surface area contributed by atoms with Crippen molar-refractivity contribution in [2.45, 2.75) is 38.5 Å². The van der Waals surface area contributed by atoms with Crippen LogP contribution in [0.5, 0.6) is 0 Å². The summed E-state index contributed by atoms with van der Waals surface area (Å²) >= 11 is 0. The van der Waals surface area contributed by atoms with Crippen LogP contribution in [0.15, 0.2) is 48.5 Å². The van der Waals surface area contributed by atoms with Gasteiger partial charge in [-0.15, -0.1) is 0 Å². The first-order chi connectivity index (χ1) is 9.83. The molecule has 0 unspecified atom stereocenters. The van der Waals surface area contributed by atoms with Gasteiger partial charge >= 0.3 is 0 Å². The lowest BCUT2D eigenvalue weighted by molar-refractivity contribution is -0.119. The molecule has 0 saturated carbocycles. The summed E-state index contributed by atoms with van der Waals surface area (Å²) in [5, 5.41) is 0. The van der Waals surface area contributed by atoms with Gasteiger partial charge in [0.25, 0.3) is 0 Å². The molecule has 1 aliphatic rings. The lowest BCUT2D eigenvalue weighted by Crippen LogP contribution is -2.11. The van der Waals surface area contributed by atoms with Gasteiger partial charge in [-0.2, -0.15) is 0 Å². The van der Waals surface area contributed by atoms with Crippen LogP contribution in [0.25, 0.3) is 11.1 Å². The van der Waals surface area contributed by atoms with E-state index in [0.717, 1.165) is 19.3 Å². The summed E-state index contributed by atoms with van der Waals surface area (Å²) in [4.78, 5) is 12.6. The normalized spacial score (nSPS) is 13.1. The molecule has 1 nitrogen and oxygen atoms in total. The summed E-state index contributed by atoms with van der Waals surface area (Å²) in [7, 11) is 0. The van der Waals surface area contributed by atoms with Crippen LogP contribution in [0.1, 0.15) is 49.7 Å². The number of hydrogen-bond donors (Lipinski definition) is 0. The Bertz CT molecular complexity index is 582. The smallest absolute Gasteiger partial charge is 0.144 e. The summed E-state index contributed by atoms with van der Waals surface area (Å²) in [5.74, 6) is 0.329. The Morgan fingerprint density at radius 3 is 2.00 bits per heavy atom. The van der Waals surface area contributed by atoms with Gasteiger partial charge in [-0.3, -0.25) is 4.79 Å². The van der Waals surface area contributed by atoms with Crippen LogP contribution in [0.3, 0.4) is 0 Å². The van der Waals surface area contributed by atoms with E-state index in [-0.39, 0.29) is 5.92 Å². The van der Waals surface area contributed by atoms with E-state index in [2.05, 4.69) is 43.3 Å². The summed E-state index contributed by atoms with van der Waals surface area (Å²) in [6, 6.07) is 16.7. The zero-order valence-corrected chi connectivity index (χ0v) is 11.9. The van der Waals surface area contributed by atoms with Crippen molar-refractivity contribution in [3.8, 4) is 11.1 Å². The molecule has 2 aromatic carbocycles. The molecule has 0 bridgehead atoms. The number of hydrogen-bond acceptors (Lipinski definition) is 1. The van der Waals surface area contributed by atoms with Crippen molar-refractivity contribution < 1.29 is 4.79 Å². The summed E-state index contributed by atoms with van der Waals surface area (Å²) in [5.41, 5.74) is 4.85. The quantitative estimate of drug-likeness (QED) is 0.698. The van der Waals surface area contributed by atoms with Gasteiger partial charge in [-0.25, -0.2) is 0 Å². The fraction of sp³-hybridized carbons (Fsp3) is 0.316. The number of fused-ring (bicyclic) bond motifs is 3. The molecule has 0 atom stereocenters. The second kappa shape index (κ2) is 5.62. The third-order valence-electron chi connectivity index (χ3n) is 4.18. The number of ketones is 1. The Kier molecular flexibility index (Phi) is 3.68. The van der Waals surface area contributed by atoms with E-state index in [1.54, 1.807) is 0 Å². The Morgan fingerprint density at radius 2 is 1.45 bits per heavy atom. The lowest BCUT2D eigenvalue weighted by Gasteiger charge is -2.12. The topological polar surface area (TPSA) is 17.1 Å². The highest BCUT2D eigenvalue weighted by Gasteiger charge is 2.32. The second-order valence-corrected chi connectivity index (χ2v) is 5.53. The minimum absolute atomic E-state index is 0.0424. The van der Waals surface area contributed by atoms with E-state index in [0.29, 0.717) is 12.2 Å². The summed E-state index contributed by atoms with van der Waals surface area (Å²) < 4.78 is 0. The molecule has 0 N–H and O–H groups in total. The maximum absolute atomic E-state index is 12.6. The predicted octanol–water partition coefficient (Wildman–Crippen LogP) is 4.95. The number of unbranched alkanes of at least 4 members (excludes halogenated alkanes) is 2. The van der Waals surface area contributed by atoms with E-state index in [4.69, 9.17) is 0 Å². The summed E-state index contributed by atoms with van der Waals surface area (Å²) in [6.07, 6.45) is 4.00. The fourth-order valence-electron chi connectivity index (χ4n) is 3.20. The van der Waals surface area contributed by atoms with Gasteiger partial charge in [-0.1, -0.05) is 68.3 Å². The molecule has 2 aromatic rings. The Balaban J connectivity index is 1.96. The van der Waals surface area contributed by atoms with Crippen LogP contribution in [0, 0.1) is 0 Å². The predicted molar refractivity (Wildman–Crippen MR) is 82.9 cm³/mol. The minimum Gasteiger partial charge on any atom is -0.299 e. The minimum atomic E-state index is -0.0424. The van der Waals surface area contributed by atoms with Crippen LogP contribution in [0.4, 0.5) is 0 Å². The van der Waals surface area contributed by atoms with E-state index < -0.39 is 0 Å². The van der Waals surface area contributed by atoms with Crippen molar-refractivity contribution in [3.63, 3.8) is 0 Å². The van der Waals surface area contributed by atoms with E-state index >= 15 is 0 Å². The van der Waals surface area contributed by atoms with Crippen LogP contribution in [-0.4, -0.2) is 5.78 Å². The van der Waals surface area contributed by atoms with Crippen molar-refractivity contribution in [1.29, 1.82) is 0 Å². The molecule has 1 aliphatic carbocycles. The number of carbonyl (C=O) groups excluding carboxylic acids is 1. The molecule has 3 rings (SSSR count). The molecule has 0 saturated heterocycles. The maximum atomic E-state index is 12.6. The van der Waals surface area contributed by atoms with Crippen LogP contribution < -0.4 is 0 Å². The standard InChI is InChI=1S/C19H20O/c1-2-3-4-13-18(20)19-16-11-7-5-9-14(16)15-10-6-8-12-17(15)19/h5-12,19H,2-4,13H2,1H3. The van der Waals surface area contributed by atoms with E-state index in [1.165, 1.54) is 22.3 Å². The highest BCUT2D eigenvalue weighted by Crippen LogP contribution is 2.45. The number of rotatable bonds is 5. The molecule has 102 valence electrons. The van der Waals surface area contributed by atoms with Crippen molar-refractivity contribution in [2.24, 2.45) is 0 Å². The lowest BCUT2D eigenvalue weighted by atomic mass is 9.90. The zero-order chi connectivity index (χ0) is 13.9. The third-order valence-corrected chi connectivity index (χ3v) is 4.18. The molecule has 0 fully saturated rings. The maximum Gasteiger partial charge on any atom is 0.144 e. The van der Waals surface area contributed by atoms with E-state index in [9.17, 15) is 4.79 Å². The number of Topliss-reactive ketones (excluding diaryl/α,β-unsaturated/α-hetero) is 1. The average Bonchev–Trinajstić information content (AvgIpc) is 2.82. The first-order valence-electron chi connectivity index (χ1n) is 7.54. The molecule has 20 heavy (non-hydrogen) atoms. The van der Waals surface area contributed by atoms with Gasteiger partial charge in [0.15, 0.2) is 0 Å². The molecule has 0 amide bonds. The second-order valence-electron chi connectivity index (χ2n) is 5.53. The van der Waals surface area contributed by atoms with E-state index in [1.807, 2.05) is 12.1 Å². The zero-order valence-electron chi connectivity index (χ0n) is 11.9. The highest BCUT2D eigenvalue weighted by molar-refractivity contribution is 5.97. The van der Waals surface area contributed by atoms with Crippen LogP contribution in [-0.2, 0) is 4.79 Å². The molecular weight excluding hydrogens is 244 g/mol. The van der Waals surface area contributed by atoms with Gasteiger partial charge in [0.1, 0.15) is 5.78 Å². The molecule has 1 heteroatoms. The molecule has 0 aromatic heterocycles. The first kappa shape index (κ1) is 13.1. The van der Waals surface area contributed by atoms with Gasteiger partial charge in [0.05, 0.1) is 5.92 Å². The van der Waals surface area contributed by atoms with Crippen molar-refractivity contribution in [3.05, 3.63) is 59.7 Å². The molecule has 0 radical (unpaired) electrons. The SMILES string of the molecule is CCCCCC(=O)C1c2ccccc2-c2ccccc21. The molecule has 0 spiro atoms. The number of carbonyl (C=O) groups is 1. The Hall–Kier alpha value is -1.89. The van der Waals surface area contributed by atoms with Gasteiger partial charge in [0, 0.05) is 6.42 Å². The largest absolute Gasteiger partial charge is 0.299 e. The Labute approximate surface area is 120 Å². The van der Waals surface area contributed by atoms with Crippen molar-refractivity contribution in [1.82, 2.24) is 0 Å². The van der Waals surface area contributed by atoms with Crippen LogP contribution in [0.2, 0.25) is 0 Å². The molecule has 0 heterocycles. The fourth-order valence-corrected chi connectivity index (χ4v) is 3.20. The van der Waals surface area contributed by atoms with Crippen molar-refractivity contribution >= 4 is 5.78 Å². The van der Waals surface area contributed by atoms with Gasteiger partial charge in [-0.05, 0) is 28.7 Å². The third kappa shape index (κ3) is 2.18. The molecule has 0 aliphatic heterocycles. The van der Waals surface area contributed by atoms with Gasteiger partial charge in [0.2, 0.25) is 0 Å². The average molecular weight is 264 g/mol. The monoisotopic (exact) mass is 264 g/mol. The van der Waals surface area contributed by atoms with Gasteiger partial charge < -0.3 is 0 Å². The first-order valence-corrected chi connectivity index (χ1v) is 7.54. The number of benzene rings is 2. The highest BCUT2D eigenvalue weighted by atomic mass is 16.1. The van der Waals surface area contributed by atoms with Crippen molar-refractivity contribution in [2.75, 3.05) is 0 Å². The summed E-state index contributed by atoms with van der Waals surface area (Å²) in [6.45, 7) is 2.17. The molecular formula is C19H20O. The Morgan fingerprint density at radius 1 is 0.900 bits per heavy atom.